The molecule has 48 heavy (non-hydrogen) atoms. The normalized spacial score (nSPS) is 15.4. The molecule has 1 unspecified atom stereocenters. The van der Waals surface area contributed by atoms with Crippen LogP contribution in [0.3, 0.4) is 0 Å². The van der Waals surface area contributed by atoms with E-state index in [-0.39, 0.29) is 59.8 Å². The predicted molar refractivity (Wildman–Crippen MR) is 164 cm³/mol. The fourth-order valence-electron chi connectivity index (χ4n) is 5.16. The van der Waals surface area contributed by atoms with Crippen molar-refractivity contribution in [3.63, 3.8) is 0 Å². The molecule has 2 heterocycles. The summed E-state index contributed by atoms with van der Waals surface area (Å²) in [6, 6.07) is 15.0. The number of nitrogens with one attached hydrogen (secondary N) is 3. The molecule has 252 valence electrons. The van der Waals surface area contributed by atoms with Gasteiger partial charge in [-0.3, -0.25) is 24.7 Å². The number of carbonyl (C=O) groups excluding carboxylic acids is 2. The van der Waals surface area contributed by atoms with E-state index in [2.05, 4.69) is 21.2 Å². The Morgan fingerprint density at radius 1 is 1.02 bits per heavy atom. The molecule has 3 aromatic carbocycles. The Morgan fingerprint density at radius 3 is 2.38 bits per heavy atom. The van der Waals surface area contributed by atoms with Crippen molar-refractivity contribution in [1.29, 1.82) is 0 Å². The lowest BCUT2D eigenvalue weighted by molar-refractivity contribution is -0.767. The van der Waals surface area contributed by atoms with Crippen molar-refractivity contribution in [2.24, 2.45) is 5.92 Å². The minimum atomic E-state index is -4.76. The van der Waals surface area contributed by atoms with Crippen molar-refractivity contribution >= 4 is 44.9 Å². The lowest BCUT2D eigenvalue weighted by atomic mass is 10.00. The Balaban J connectivity index is 1.19. The molecule has 5 rings (SSSR count). The number of hydrogen-bond acceptors (Lipinski definition) is 8. The standard InChI is InChI=1S/C30H28F3N7O7S/c31-30(32,33)22-14-23(34-27(41)13-20-5-2-1-3-6-20)16-24(15-22)35-29(42)36-28-19-38(37-47-28)17-21-7-4-12-39(18-21)48(45,46)26-10-8-25(9-11-26)40(43)44/h1-3,5-6,8-11,14-16,19,21H,4,7,12-13,17-18H2,(H2-,34,35,36,37,41,42)/p+1. The molecule has 1 fully saturated rings. The van der Waals surface area contributed by atoms with Gasteiger partial charge in [0.2, 0.25) is 21.2 Å². The second-order valence-electron chi connectivity index (χ2n) is 11.0. The Labute approximate surface area is 271 Å². The van der Waals surface area contributed by atoms with Crippen LogP contribution >= 0.6 is 0 Å². The van der Waals surface area contributed by atoms with Crippen molar-refractivity contribution in [3.8, 4) is 0 Å². The number of benzene rings is 3. The summed E-state index contributed by atoms with van der Waals surface area (Å²) in [4.78, 5) is 35.4. The van der Waals surface area contributed by atoms with Gasteiger partial charge in [-0.1, -0.05) is 35.0 Å². The van der Waals surface area contributed by atoms with Crippen molar-refractivity contribution in [2.75, 3.05) is 29.0 Å². The maximum Gasteiger partial charge on any atom is 0.416 e. The molecule has 1 aliphatic rings. The number of anilines is 3. The molecule has 0 radical (unpaired) electrons. The highest BCUT2D eigenvalue weighted by Gasteiger charge is 2.34. The summed E-state index contributed by atoms with van der Waals surface area (Å²) >= 11 is 0. The molecule has 3 amide bonds. The van der Waals surface area contributed by atoms with E-state index in [9.17, 15) is 41.3 Å². The lowest BCUT2D eigenvalue weighted by Gasteiger charge is -2.30. The summed E-state index contributed by atoms with van der Waals surface area (Å²) in [5, 5.41) is 21.8. The van der Waals surface area contributed by atoms with Crippen molar-refractivity contribution in [2.45, 2.75) is 36.9 Å². The number of hydrogen-bond donors (Lipinski definition) is 3. The quantitative estimate of drug-likeness (QED) is 0.121. The first-order valence-electron chi connectivity index (χ1n) is 14.5. The van der Waals surface area contributed by atoms with Crippen LogP contribution in [0.2, 0.25) is 0 Å². The molecule has 0 aliphatic carbocycles. The number of nitro groups is 1. The SMILES string of the molecule is O=C(Cc1ccccc1)Nc1cc(NC(=O)Nc2c[n+](CC3CCCN(S(=O)(=O)c4ccc([N+](=O)[O-])cc4)C3)no2)cc(C(F)(F)F)c1. The number of piperidine rings is 1. The topological polar surface area (TPSA) is 181 Å². The maximum absolute atomic E-state index is 13.6. The number of alkyl halides is 3. The maximum atomic E-state index is 13.6. The summed E-state index contributed by atoms with van der Waals surface area (Å²) < 4.78 is 74.9. The molecule has 0 bridgehead atoms. The van der Waals surface area contributed by atoms with Crippen LogP contribution in [0.15, 0.2) is 88.4 Å². The smallest absolute Gasteiger partial charge is 0.326 e. The van der Waals surface area contributed by atoms with Crippen LogP contribution in [-0.4, -0.2) is 47.9 Å². The Bertz CT molecular complexity index is 1900. The van der Waals surface area contributed by atoms with Crippen LogP contribution in [-0.2, 0) is 34.0 Å². The molecular weight excluding hydrogens is 659 g/mol. The van der Waals surface area contributed by atoms with Crippen LogP contribution in [0.5, 0.6) is 0 Å². The first-order valence-corrected chi connectivity index (χ1v) is 16.0. The van der Waals surface area contributed by atoms with Gasteiger partial charge in [0.25, 0.3) is 11.9 Å². The van der Waals surface area contributed by atoms with Gasteiger partial charge in [-0.2, -0.15) is 17.5 Å². The van der Waals surface area contributed by atoms with Gasteiger partial charge in [0.1, 0.15) is 0 Å². The summed E-state index contributed by atoms with van der Waals surface area (Å²) in [7, 11) is -3.91. The van der Waals surface area contributed by atoms with E-state index < -0.39 is 38.6 Å². The van der Waals surface area contributed by atoms with Gasteiger partial charge in [0.05, 0.1) is 21.8 Å². The number of carbonyl (C=O) groups is 2. The monoisotopic (exact) mass is 688 g/mol. The molecule has 1 saturated heterocycles. The first kappa shape index (κ1) is 34.0. The zero-order chi connectivity index (χ0) is 34.5. The van der Waals surface area contributed by atoms with Gasteiger partial charge in [-0.15, -0.1) is 0 Å². The third-order valence-electron chi connectivity index (χ3n) is 7.37. The van der Waals surface area contributed by atoms with Crippen LogP contribution in [0.25, 0.3) is 0 Å². The molecule has 1 aromatic heterocycles. The van der Waals surface area contributed by atoms with E-state index in [1.165, 1.54) is 33.4 Å². The number of non-ortho nitro benzene ring substituents is 1. The van der Waals surface area contributed by atoms with Gasteiger partial charge < -0.3 is 10.6 Å². The molecular formula is C30H29F3N7O7S+. The zero-order valence-corrected chi connectivity index (χ0v) is 25.8. The minimum absolute atomic E-state index is 0.0669. The van der Waals surface area contributed by atoms with E-state index >= 15 is 0 Å². The van der Waals surface area contributed by atoms with Gasteiger partial charge in [-0.05, 0) is 48.7 Å². The van der Waals surface area contributed by atoms with E-state index in [1.807, 2.05) is 0 Å². The second-order valence-corrected chi connectivity index (χ2v) is 12.9. The summed E-state index contributed by atoms with van der Waals surface area (Å²) in [5.74, 6) is -0.877. The third kappa shape index (κ3) is 8.71. The van der Waals surface area contributed by atoms with E-state index in [0.717, 1.165) is 18.2 Å². The van der Waals surface area contributed by atoms with Gasteiger partial charge in [0.15, 0.2) is 6.54 Å². The zero-order valence-electron chi connectivity index (χ0n) is 25.0. The molecule has 1 atom stereocenters. The second kappa shape index (κ2) is 14.2. The third-order valence-corrected chi connectivity index (χ3v) is 9.25. The fraction of sp³-hybridized carbons (Fsp3) is 0.267. The number of sulfonamides is 1. The number of nitro benzene ring substituents is 1. The molecule has 0 spiro atoms. The molecule has 3 N–H and O–H groups in total. The van der Waals surface area contributed by atoms with Crippen LogP contribution in [0, 0.1) is 16.0 Å². The Hall–Kier alpha value is -5.36. The van der Waals surface area contributed by atoms with Crippen molar-refractivity contribution < 1.29 is 45.3 Å². The minimum Gasteiger partial charge on any atom is -0.326 e. The van der Waals surface area contributed by atoms with Crippen molar-refractivity contribution in [3.05, 3.63) is 100 Å². The highest BCUT2D eigenvalue weighted by molar-refractivity contribution is 7.89. The fourth-order valence-corrected chi connectivity index (χ4v) is 6.72. The number of aromatic nitrogens is 2. The van der Waals surface area contributed by atoms with E-state index in [1.54, 1.807) is 30.3 Å². The molecule has 4 aromatic rings. The first-order chi connectivity index (χ1) is 22.8. The molecule has 18 heteroatoms. The van der Waals surface area contributed by atoms with Crippen LogP contribution in [0.1, 0.15) is 24.0 Å². The lowest BCUT2D eigenvalue weighted by Crippen LogP contribution is -2.46. The van der Waals surface area contributed by atoms with E-state index in [0.29, 0.717) is 24.5 Å². The number of amides is 3. The van der Waals surface area contributed by atoms with Crippen LogP contribution < -0.4 is 20.6 Å². The van der Waals surface area contributed by atoms with Gasteiger partial charge >= 0.3 is 18.1 Å². The van der Waals surface area contributed by atoms with Crippen molar-refractivity contribution in [1.82, 2.24) is 9.58 Å². The van der Waals surface area contributed by atoms with Gasteiger partial charge in [0, 0.05) is 42.5 Å². The highest BCUT2D eigenvalue weighted by atomic mass is 32.2. The largest absolute Gasteiger partial charge is 0.416 e. The van der Waals surface area contributed by atoms with E-state index in [4.69, 9.17) is 4.52 Å². The summed E-state index contributed by atoms with van der Waals surface area (Å²) in [6.45, 7) is 0.626. The molecule has 14 nitrogen and oxygen atoms in total. The molecule has 0 saturated carbocycles. The predicted octanol–water partition coefficient (Wildman–Crippen LogP) is 4.82. The summed E-state index contributed by atoms with van der Waals surface area (Å²) in [5.41, 5.74) is -1.08. The number of urea groups is 1. The number of halogens is 3. The summed E-state index contributed by atoms with van der Waals surface area (Å²) in [6.07, 6.45) is -2.28. The Morgan fingerprint density at radius 2 is 1.71 bits per heavy atom. The average Bonchev–Trinajstić information content (AvgIpc) is 3.47. The number of rotatable bonds is 10. The Kier molecular flexibility index (Phi) is 10.0. The number of nitrogens with zero attached hydrogens (tertiary/aromatic N) is 4. The van der Waals surface area contributed by atoms with Crippen LogP contribution in [0.4, 0.5) is 40.9 Å². The highest BCUT2D eigenvalue weighted by Crippen LogP contribution is 2.33. The average molecular weight is 689 g/mol. The van der Waals surface area contributed by atoms with Gasteiger partial charge in [-0.25, -0.2) is 13.2 Å². The molecule has 1 aliphatic heterocycles.